The van der Waals surface area contributed by atoms with Gasteiger partial charge in [0, 0.05) is 5.92 Å². The van der Waals surface area contributed by atoms with Crippen molar-refractivity contribution in [1.29, 1.82) is 0 Å². The van der Waals surface area contributed by atoms with Gasteiger partial charge >= 0.3 is 0 Å². The molecule has 2 heterocycles. The zero-order valence-electron chi connectivity index (χ0n) is 9.17. The van der Waals surface area contributed by atoms with Crippen molar-refractivity contribution in [2.75, 3.05) is 5.32 Å². The van der Waals surface area contributed by atoms with Crippen LogP contribution in [0.1, 0.15) is 25.7 Å². The van der Waals surface area contributed by atoms with Gasteiger partial charge in [0.15, 0.2) is 0 Å². The molecular formula is C9H14N4O2S2. The third-order valence-electron chi connectivity index (χ3n) is 3.51. The van der Waals surface area contributed by atoms with Crippen molar-refractivity contribution >= 4 is 26.5 Å². The summed E-state index contributed by atoms with van der Waals surface area (Å²) in [5.74, 6) is 0.151. The second kappa shape index (κ2) is 4.18. The van der Waals surface area contributed by atoms with Gasteiger partial charge in [0.05, 0.1) is 11.4 Å². The number of sulfonamides is 1. The van der Waals surface area contributed by atoms with Gasteiger partial charge in [-0.15, -0.1) is 10.2 Å². The van der Waals surface area contributed by atoms with Gasteiger partial charge in [-0.3, -0.25) is 0 Å². The van der Waals surface area contributed by atoms with Crippen LogP contribution in [0, 0.1) is 5.92 Å². The van der Waals surface area contributed by atoms with Crippen molar-refractivity contribution in [1.82, 2.24) is 14.9 Å². The van der Waals surface area contributed by atoms with Crippen LogP contribution in [0.3, 0.4) is 0 Å². The van der Waals surface area contributed by atoms with Crippen LogP contribution in [0.5, 0.6) is 0 Å². The minimum atomic E-state index is -3.16. The number of nitrogens with zero attached hydrogens (tertiary/aromatic N) is 2. The van der Waals surface area contributed by atoms with Crippen molar-refractivity contribution in [3.63, 3.8) is 0 Å². The van der Waals surface area contributed by atoms with Gasteiger partial charge in [0.2, 0.25) is 15.2 Å². The highest BCUT2D eigenvalue weighted by atomic mass is 32.2. The normalized spacial score (nSPS) is 35.4. The summed E-state index contributed by atoms with van der Waals surface area (Å²) in [7, 11) is -3.16. The number of hydrogen-bond acceptors (Lipinski definition) is 6. The summed E-state index contributed by atoms with van der Waals surface area (Å²) in [5, 5.41) is 11.2. The van der Waals surface area contributed by atoms with Crippen LogP contribution < -0.4 is 10.0 Å². The van der Waals surface area contributed by atoms with Gasteiger partial charge in [-0.05, 0) is 12.8 Å². The Morgan fingerprint density at radius 1 is 1.41 bits per heavy atom. The van der Waals surface area contributed by atoms with E-state index in [1.807, 2.05) is 0 Å². The van der Waals surface area contributed by atoms with Crippen LogP contribution in [-0.4, -0.2) is 30.0 Å². The lowest BCUT2D eigenvalue weighted by atomic mass is 9.87. The Bertz CT molecular complexity index is 487. The molecule has 1 aromatic heterocycles. The molecule has 0 spiro atoms. The van der Waals surface area contributed by atoms with E-state index >= 15 is 0 Å². The molecule has 3 rings (SSSR count). The molecule has 1 saturated heterocycles. The van der Waals surface area contributed by atoms with Gasteiger partial charge in [-0.2, -0.15) is 4.72 Å². The fourth-order valence-corrected chi connectivity index (χ4v) is 5.23. The standard InChI is InChI=1S/C9H14N4O2S2/c14-17(15)7-4-2-1-3-6(7)8(13-17)11-9-12-10-5-16-9/h5-8,13H,1-4H2,(H,11,12). The summed E-state index contributed by atoms with van der Waals surface area (Å²) in [6.07, 6.45) is 3.61. The lowest BCUT2D eigenvalue weighted by molar-refractivity contribution is 0.342. The Hall–Kier alpha value is -0.730. The van der Waals surface area contributed by atoms with Crippen LogP contribution in [0.15, 0.2) is 5.51 Å². The monoisotopic (exact) mass is 274 g/mol. The third kappa shape index (κ3) is 2.04. The Morgan fingerprint density at radius 3 is 3.00 bits per heavy atom. The first-order valence-electron chi connectivity index (χ1n) is 5.71. The number of anilines is 1. The van der Waals surface area contributed by atoms with E-state index in [0.29, 0.717) is 5.13 Å². The van der Waals surface area contributed by atoms with Crippen molar-refractivity contribution < 1.29 is 8.42 Å². The second-order valence-electron chi connectivity index (χ2n) is 4.52. The molecule has 0 amide bonds. The maximum absolute atomic E-state index is 12.0. The molecular weight excluding hydrogens is 260 g/mol. The molecule has 6 nitrogen and oxygen atoms in total. The largest absolute Gasteiger partial charge is 0.343 e. The molecule has 8 heteroatoms. The summed E-state index contributed by atoms with van der Waals surface area (Å²) >= 11 is 1.38. The maximum atomic E-state index is 12.0. The smallest absolute Gasteiger partial charge is 0.216 e. The predicted molar refractivity (Wildman–Crippen MR) is 65.1 cm³/mol. The second-order valence-corrected chi connectivity index (χ2v) is 7.28. The summed E-state index contributed by atoms with van der Waals surface area (Å²) in [6.45, 7) is 0. The summed E-state index contributed by atoms with van der Waals surface area (Å²) in [6, 6.07) is 0. The van der Waals surface area contributed by atoms with E-state index in [1.165, 1.54) is 11.3 Å². The molecule has 3 unspecified atom stereocenters. The molecule has 3 atom stereocenters. The van der Waals surface area contributed by atoms with E-state index in [4.69, 9.17) is 0 Å². The molecule has 1 saturated carbocycles. The van der Waals surface area contributed by atoms with Crippen LogP contribution in [0.4, 0.5) is 5.13 Å². The number of hydrogen-bond donors (Lipinski definition) is 2. The van der Waals surface area contributed by atoms with Gasteiger partial charge in [0.1, 0.15) is 5.51 Å². The number of aromatic nitrogens is 2. The first kappa shape index (κ1) is 11.4. The zero-order valence-corrected chi connectivity index (χ0v) is 10.8. The quantitative estimate of drug-likeness (QED) is 0.832. The average Bonchev–Trinajstić information content (AvgIpc) is 2.88. The highest BCUT2D eigenvalue weighted by molar-refractivity contribution is 7.90. The third-order valence-corrected chi connectivity index (χ3v) is 6.10. The Kier molecular flexibility index (Phi) is 2.80. The van der Waals surface area contributed by atoms with Gasteiger partial charge < -0.3 is 5.32 Å². The van der Waals surface area contributed by atoms with Crippen molar-refractivity contribution in [2.24, 2.45) is 5.92 Å². The SMILES string of the molecule is O=S1(=O)NC(Nc2nncs2)C2CCCCC21. The van der Waals surface area contributed by atoms with Gasteiger partial charge in [0.25, 0.3) is 0 Å². The molecule has 1 aliphatic carbocycles. The van der Waals surface area contributed by atoms with E-state index < -0.39 is 10.0 Å². The van der Waals surface area contributed by atoms with E-state index in [1.54, 1.807) is 5.51 Å². The Morgan fingerprint density at radius 2 is 2.24 bits per heavy atom. The fourth-order valence-electron chi connectivity index (χ4n) is 2.75. The van der Waals surface area contributed by atoms with Crippen LogP contribution in [-0.2, 0) is 10.0 Å². The van der Waals surface area contributed by atoms with E-state index in [9.17, 15) is 8.42 Å². The zero-order chi connectivity index (χ0) is 11.9. The van der Waals surface area contributed by atoms with E-state index in [-0.39, 0.29) is 17.3 Å². The van der Waals surface area contributed by atoms with Crippen LogP contribution in [0.2, 0.25) is 0 Å². The summed E-state index contributed by atoms with van der Waals surface area (Å²) < 4.78 is 26.6. The average molecular weight is 274 g/mol. The molecule has 2 aliphatic rings. The highest BCUT2D eigenvalue weighted by Crippen LogP contribution is 2.36. The summed E-state index contributed by atoms with van der Waals surface area (Å²) in [5.41, 5.74) is 1.63. The maximum Gasteiger partial charge on any atom is 0.216 e. The fraction of sp³-hybridized carbons (Fsp3) is 0.778. The molecule has 0 radical (unpaired) electrons. The van der Waals surface area contributed by atoms with E-state index in [2.05, 4.69) is 20.2 Å². The molecule has 1 aliphatic heterocycles. The number of rotatable bonds is 2. The molecule has 94 valence electrons. The minimum absolute atomic E-state index is 0.151. The molecule has 0 aromatic carbocycles. The molecule has 0 bridgehead atoms. The van der Waals surface area contributed by atoms with E-state index in [0.717, 1.165) is 25.7 Å². The van der Waals surface area contributed by atoms with Crippen LogP contribution >= 0.6 is 11.3 Å². The minimum Gasteiger partial charge on any atom is -0.343 e. The Labute approximate surface area is 104 Å². The lowest BCUT2D eigenvalue weighted by Crippen LogP contribution is -2.37. The van der Waals surface area contributed by atoms with Crippen molar-refractivity contribution in [3.8, 4) is 0 Å². The lowest BCUT2D eigenvalue weighted by Gasteiger charge is -2.26. The number of nitrogens with one attached hydrogen (secondary N) is 2. The molecule has 1 aromatic rings. The molecule has 2 fully saturated rings. The highest BCUT2D eigenvalue weighted by Gasteiger charge is 2.47. The van der Waals surface area contributed by atoms with Gasteiger partial charge in [-0.25, -0.2) is 8.42 Å². The first-order chi connectivity index (χ1) is 8.17. The summed E-state index contributed by atoms with van der Waals surface area (Å²) in [4.78, 5) is 0. The van der Waals surface area contributed by atoms with Crippen LogP contribution in [0.25, 0.3) is 0 Å². The first-order valence-corrected chi connectivity index (χ1v) is 8.13. The predicted octanol–water partition coefficient (Wildman–Crippen LogP) is 0.768. The van der Waals surface area contributed by atoms with Crippen molar-refractivity contribution in [3.05, 3.63) is 5.51 Å². The number of fused-ring (bicyclic) bond motifs is 1. The molecule has 2 N–H and O–H groups in total. The van der Waals surface area contributed by atoms with Gasteiger partial charge in [-0.1, -0.05) is 24.2 Å². The topological polar surface area (TPSA) is 84.0 Å². The Balaban J connectivity index is 1.82. The molecule has 17 heavy (non-hydrogen) atoms. The van der Waals surface area contributed by atoms with Crippen molar-refractivity contribution in [2.45, 2.75) is 37.1 Å².